The van der Waals surface area contributed by atoms with Gasteiger partial charge in [0, 0.05) is 17.9 Å². The normalized spacial score (nSPS) is 10.7. The maximum Gasteiger partial charge on any atom is 3.00 e. The van der Waals surface area contributed by atoms with Gasteiger partial charge in [-0.1, -0.05) is 290 Å². The molecule has 0 saturated carbocycles. The first kappa shape index (κ1) is 66.6. The first-order valence-corrected chi connectivity index (χ1v) is 26.9. The number of carbonyl (C=O) groups is 3. The molecule has 0 spiro atoms. The van der Waals surface area contributed by atoms with Crippen molar-refractivity contribution in [3.8, 4) is 0 Å². The Labute approximate surface area is 394 Å². The van der Waals surface area contributed by atoms with Crippen molar-refractivity contribution >= 4 is 17.9 Å². The number of carboxylic acids is 3. The minimum absolute atomic E-state index is 0. The van der Waals surface area contributed by atoms with E-state index in [1.165, 1.54) is 250 Å². The number of hydrogen-bond acceptors (Lipinski definition) is 6. The third-order valence-corrected chi connectivity index (χ3v) is 12.0. The molecule has 0 bridgehead atoms. The van der Waals surface area contributed by atoms with Gasteiger partial charge < -0.3 is 29.7 Å². The SMILES string of the molecule is CCCCCCCCCCCCCCCCCC(=O)[O-].CCCCCCCCCCCCCCCCCC(=O)[O-].CCCCCCCCCCCCCCCCCC(=O)[O-].[Ru+3]. The van der Waals surface area contributed by atoms with Gasteiger partial charge >= 0.3 is 19.5 Å². The summed E-state index contributed by atoms with van der Waals surface area (Å²) in [4.78, 5) is 30.7. The molecule has 0 N–H and O–H groups in total. The van der Waals surface area contributed by atoms with E-state index in [1.807, 2.05) is 0 Å². The number of rotatable bonds is 48. The molecule has 0 unspecified atom stereocenters. The maximum absolute atomic E-state index is 10.2. The Kier molecular flexibility index (Phi) is 69.2. The molecule has 0 aliphatic rings. The van der Waals surface area contributed by atoms with Crippen LogP contribution >= 0.6 is 0 Å². The number of carboxylic acid groups (broad SMARTS) is 3. The Bertz CT molecular complexity index is 717. The van der Waals surface area contributed by atoms with E-state index in [0.717, 1.165) is 38.5 Å². The van der Waals surface area contributed by atoms with Gasteiger partial charge in [0.15, 0.2) is 0 Å². The summed E-state index contributed by atoms with van der Waals surface area (Å²) < 4.78 is 0. The van der Waals surface area contributed by atoms with Crippen molar-refractivity contribution in [2.24, 2.45) is 0 Å². The van der Waals surface area contributed by atoms with Crippen LogP contribution in [0.2, 0.25) is 0 Å². The van der Waals surface area contributed by atoms with Crippen LogP contribution in [-0.2, 0) is 33.9 Å². The van der Waals surface area contributed by atoms with Gasteiger partial charge in [-0.2, -0.15) is 0 Å². The summed E-state index contributed by atoms with van der Waals surface area (Å²) in [5, 5.41) is 30.7. The Balaban J connectivity index is -0.000000396. The molecule has 0 amide bonds. The molecular formula is C54H105O6Ru. The molecule has 0 aromatic rings. The van der Waals surface area contributed by atoms with E-state index >= 15 is 0 Å². The number of hydrogen-bond donors (Lipinski definition) is 0. The molecule has 0 fully saturated rings. The van der Waals surface area contributed by atoms with Crippen molar-refractivity contribution in [2.75, 3.05) is 0 Å². The van der Waals surface area contributed by atoms with Gasteiger partial charge in [0.25, 0.3) is 0 Å². The third-order valence-electron chi connectivity index (χ3n) is 12.0. The van der Waals surface area contributed by atoms with Crippen molar-refractivity contribution in [3.63, 3.8) is 0 Å². The second kappa shape index (κ2) is 63.3. The summed E-state index contributed by atoms with van der Waals surface area (Å²) in [6, 6.07) is 0. The van der Waals surface area contributed by atoms with E-state index in [0.29, 0.717) is 0 Å². The van der Waals surface area contributed by atoms with Crippen molar-refractivity contribution in [1.29, 1.82) is 0 Å². The van der Waals surface area contributed by atoms with Gasteiger partial charge in [-0.3, -0.25) is 0 Å². The van der Waals surface area contributed by atoms with Crippen molar-refractivity contribution in [2.45, 2.75) is 329 Å². The molecule has 0 aliphatic carbocycles. The summed E-state index contributed by atoms with van der Waals surface area (Å²) in [7, 11) is 0. The fourth-order valence-electron chi connectivity index (χ4n) is 7.92. The molecule has 0 aromatic carbocycles. The molecule has 0 aliphatic heterocycles. The quantitative estimate of drug-likeness (QED) is 0.0442. The maximum atomic E-state index is 10.2. The molecule has 0 aromatic heterocycles. The van der Waals surface area contributed by atoms with Gasteiger partial charge in [0.2, 0.25) is 0 Å². The zero-order chi connectivity index (χ0) is 44.7. The van der Waals surface area contributed by atoms with Crippen LogP contribution in [-0.4, -0.2) is 17.9 Å². The van der Waals surface area contributed by atoms with Crippen LogP contribution in [0.3, 0.4) is 0 Å². The predicted molar refractivity (Wildman–Crippen MR) is 254 cm³/mol. The van der Waals surface area contributed by atoms with Gasteiger partial charge in [0.1, 0.15) is 0 Å². The van der Waals surface area contributed by atoms with E-state index in [2.05, 4.69) is 20.8 Å². The summed E-state index contributed by atoms with van der Waals surface area (Å²) in [6.07, 6.45) is 59.6. The van der Waals surface area contributed by atoms with Crippen LogP contribution in [0.4, 0.5) is 0 Å². The number of unbranched alkanes of at least 4 members (excludes halogenated alkanes) is 42. The van der Waals surface area contributed by atoms with Crippen molar-refractivity contribution in [1.82, 2.24) is 0 Å². The van der Waals surface area contributed by atoms with Crippen LogP contribution < -0.4 is 15.3 Å². The molecular weight excluding hydrogens is 846 g/mol. The summed E-state index contributed by atoms with van der Waals surface area (Å²) in [5.41, 5.74) is 0. The van der Waals surface area contributed by atoms with E-state index in [1.54, 1.807) is 0 Å². The van der Waals surface area contributed by atoms with Crippen LogP contribution in [0, 0.1) is 0 Å². The summed E-state index contributed by atoms with van der Waals surface area (Å²) >= 11 is 0. The van der Waals surface area contributed by atoms with E-state index < -0.39 is 17.9 Å². The standard InChI is InChI=1S/3C18H36O2.Ru/c3*1-2-3-4-5-6-7-8-9-10-11-12-13-14-15-16-17-18(19)20;/h3*2-17H2,1H3,(H,19,20);/q;;;+3/p-3. The second-order valence-electron chi connectivity index (χ2n) is 18.2. The molecule has 0 rings (SSSR count). The molecule has 365 valence electrons. The first-order valence-electron chi connectivity index (χ1n) is 26.9. The second-order valence-corrected chi connectivity index (χ2v) is 18.2. The number of carbonyl (C=O) groups excluding carboxylic acids is 3. The van der Waals surface area contributed by atoms with E-state index in [4.69, 9.17) is 0 Å². The van der Waals surface area contributed by atoms with Crippen LogP contribution in [0.1, 0.15) is 329 Å². The Hall–Kier alpha value is -0.967. The fourth-order valence-corrected chi connectivity index (χ4v) is 7.92. The molecule has 61 heavy (non-hydrogen) atoms. The van der Waals surface area contributed by atoms with Crippen molar-refractivity contribution < 1.29 is 49.2 Å². The monoisotopic (exact) mass is 952 g/mol. The topological polar surface area (TPSA) is 120 Å². The smallest absolute Gasteiger partial charge is 0.550 e. The Morgan fingerprint density at radius 3 is 0.410 bits per heavy atom. The van der Waals surface area contributed by atoms with E-state index in [9.17, 15) is 29.7 Å². The zero-order valence-electron chi connectivity index (χ0n) is 41.2. The van der Waals surface area contributed by atoms with Crippen molar-refractivity contribution in [3.05, 3.63) is 0 Å². The molecule has 7 heteroatoms. The summed E-state index contributed by atoms with van der Waals surface area (Å²) in [6.45, 7) is 6.80. The Morgan fingerprint density at radius 1 is 0.213 bits per heavy atom. The van der Waals surface area contributed by atoms with Crippen LogP contribution in [0.5, 0.6) is 0 Å². The molecule has 6 nitrogen and oxygen atoms in total. The largest absolute Gasteiger partial charge is 3.00 e. The summed E-state index contributed by atoms with van der Waals surface area (Å²) in [5.74, 6) is -2.71. The van der Waals surface area contributed by atoms with E-state index in [-0.39, 0.29) is 38.7 Å². The third kappa shape index (κ3) is 76.7. The van der Waals surface area contributed by atoms with Gasteiger partial charge in [-0.15, -0.1) is 0 Å². The molecule has 0 atom stereocenters. The average Bonchev–Trinajstić information content (AvgIpc) is 3.22. The van der Waals surface area contributed by atoms with Crippen LogP contribution in [0.25, 0.3) is 0 Å². The van der Waals surface area contributed by atoms with Crippen LogP contribution in [0.15, 0.2) is 0 Å². The molecule has 1 radical (unpaired) electrons. The minimum Gasteiger partial charge on any atom is -0.550 e. The van der Waals surface area contributed by atoms with Gasteiger partial charge in [0.05, 0.1) is 0 Å². The number of aliphatic carboxylic acids is 3. The van der Waals surface area contributed by atoms with Gasteiger partial charge in [-0.05, 0) is 38.5 Å². The average molecular weight is 951 g/mol. The predicted octanol–water partition coefficient (Wildman–Crippen LogP) is 15.0. The first-order chi connectivity index (χ1) is 29.3. The minimum atomic E-state index is -0.903. The molecule has 0 saturated heterocycles. The Morgan fingerprint density at radius 2 is 0.311 bits per heavy atom. The zero-order valence-corrected chi connectivity index (χ0v) is 43.0. The molecule has 0 heterocycles. The fraction of sp³-hybridized carbons (Fsp3) is 0.944. The van der Waals surface area contributed by atoms with Gasteiger partial charge in [-0.25, -0.2) is 0 Å².